The summed E-state index contributed by atoms with van der Waals surface area (Å²) in [5, 5.41) is 21.7. The van der Waals surface area contributed by atoms with Crippen LogP contribution >= 0.6 is 0 Å². The lowest BCUT2D eigenvalue weighted by atomic mass is 9.84. The van der Waals surface area contributed by atoms with Crippen LogP contribution in [0.4, 0.5) is 5.69 Å². The van der Waals surface area contributed by atoms with E-state index < -0.39 is 22.0 Å². The van der Waals surface area contributed by atoms with Gasteiger partial charge in [-0.25, -0.2) is 0 Å². The number of nitro groups is 1. The van der Waals surface area contributed by atoms with E-state index in [1.807, 2.05) is 0 Å². The number of rotatable bonds is 6. The number of hydrogen-bond acceptors (Lipinski definition) is 5. The largest absolute Gasteiger partial charge is 0.481 e. The third kappa shape index (κ3) is 3.21. The predicted octanol–water partition coefficient (Wildman–Crippen LogP) is 1.44. The zero-order valence-electron chi connectivity index (χ0n) is 15.1. The molecule has 0 fully saturated rings. The van der Waals surface area contributed by atoms with Gasteiger partial charge in [0.25, 0.3) is 16.8 Å². The molecule has 10 heteroatoms. The molecule has 0 atom stereocenters. The Balaban J connectivity index is 2.37. The lowest BCUT2D eigenvalue weighted by molar-refractivity contribution is -0.384. The summed E-state index contributed by atoms with van der Waals surface area (Å²) < 4.78 is 5.55. The maximum absolute atomic E-state index is 12.5. The van der Waals surface area contributed by atoms with Crippen LogP contribution < -0.4 is 15.9 Å². The summed E-state index contributed by atoms with van der Waals surface area (Å²) in [6.07, 6.45) is 5.26. The molecule has 1 aromatic carbocycles. The third-order valence-electron chi connectivity index (χ3n) is 4.43. The normalized spacial score (nSPS) is 10.8. The van der Waals surface area contributed by atoms with Crippen LogP contribution in [0.25, 0.3) is 0 Å². The van der Waals surface area contributed by atoms with Crippen LogP contribution in [0.2, 0.25) is 0 Å². The number of terminal acetylenes is 1. The first-order valence-corrected chi connectivity index (χ1v) is 8.24. The van der Waals surface area contributed by atoms with E-state index in [1.165, 1.54) is 18.2 Å². The second kappa shape index (κ2) is 7.32. The highest BCUT2D eigenvalue weighted by Gasteiger charge is 2.31. The number of ether oxygens (including phenoxy) is 1. The average Bonchev–Trinajstić information content (AvgIpc) is 3.17. The fraction of sp³-hybridized carbons (Fsp3) is 0.222. The summed E-state index contributed by atoms with van der Waals surface area (Å²) in [7, 11) is 0. The summed E-state index contributed by atoms with van der Waals surface area (Å²) in [6, 6.07) is 3.97. The lowest BCUT2D eigenvalue weighted by Crippen LogP contribution is -2.21. The highest BCUT2D eigenvalue weighted by Crippen LogP contribution is 2.38. The molecule has 0 unspecified atom stereocenters. The SMILES string of the molecule is C#CCOc1ccc([N+](=O)[O-])cc1C(c1c(C)[nH][nH]c1=O)c1c(C)[nH][nH]c1=O. The minimum Gasteiger partial charge on any atom is -0.481 e. The number of nitrogens with zero attached hydrogens (tertiary/aromatic N) is 1. The van der Waals surface area contributed by atoms with Gasteiger partial charge in [0.1, 0.15) is 12.4 Å². The first kappa shape index (κ1) is 18.8. The highest BCUT2D eigenvalue weighted by molar-refractivity contribution is 5.54. The van der Waals surface area contributed by atoms with Crippen molar-refractivity contribution in [3.05, 3.63) is 77.1 Å². The molecule has 10 nitrogen and oxygen atoms in total. The predicted molar refractivity (Wildman–Crippen MR) is 101 cm³/mol. The van der Waals surface area contributed by atoms with Gasteiger partial charge in [-0.2, -0.15) is 0 Å². The number of aromatic nitrogens is 4. The third-order valence-corrected chi connectivity index (χ3v) is 4.43. The van der Waals surface area contributed by atoms with Gasteiger partial charge in [0.2, 0.25) is 0 Å². The molecule has 0 saturated heterocycles. The summed E-state index contributed by atoms with van der Waals surface area (Å²) >= 11 is 0. The number of nitrogens with one attached hydrogen (secondary N) is 4. The van der Waals surface area contributed by atoms with Crippen LogP contribution in [0, 0.1) is 36.3 Å². The number of aryl methyl sites for hydroxylation is 2. The number of benzene rings is 1. The molecule has 28 heavy (non-hydrogen) atoms. The maximum atomic E-state index is 12.5. The zero-order valence-corrected chi connectivity index (χ0v) is 15.1. The van der Waals surface area contributed by atoms with Gasteiger partial charge in [-0.1, -0.05) is 5.92 Å². The minimum absolute atomic E-state index is 0.0809. The fourth-order valence-corrected chi connectivity index (χ4v) is 3.19. The molecule has 4 N–H and O–H groups in total. The van der Waals surface area contributed by atoms with Gasteiger partial charge in [-0.3, -0.25) is 29.9 Å². The molecular weight excluding hydrogens is 366 g/mol. The summed E-state index contributed by atoms with van der Waals surface area (Å²) in [4.78, 5) is 35.8. The zero-order chi connectivity index (χ0) is 20.4. The molecule has 0 amide bonds. The Labute approximate surface area is 158 Å². The molecule has 0 aliphatic rings. The number of H-pyrrole nitrogens is 4. The van der Waals surface area contributed by atoms with Gasteiger partial charge >= 0.3 is 0 Å². The van der Waals surface area contributed by atoms with E-state index in [4.69, 9.17) is 11.2 Å². The molecule has 3 aromatic rings. The second-order valence-corrected chi connectivity index (χ2v) is 6.14. The summed E-state index contributed by atoms with van der Waals surface area (Å²) in [5.74, 6) is 1.66. The fourth-order valence-electron chi connectivity index (χ4n) is 3.19. The maximum Gasteiger partial charge on any atom is 0.270 e. The van der Waals surface area contributed by atoms with Crippen molar-refractivity contribution < 1.29 is 9.66 Å². The van der Waals surface area contributed by atoms with Crippen molar-refractivity contribution in [2.24, 2.45) is 0 Å². The minimum atomic E-state index is -0.919. The van der Waals surface area contributed by atoms with E-state index in [-0.39, 0.29) is 34.7 Å². The number of aromatic amines is 4. The molecule has 3 rings (SSSR count). The average molecular weight is 383 g/mol. The van der Waals surface area contributed by atoms with Gasteiger partial charge in [0.15, 0.2) is 0 Å². The number of hydrogen-bond donors (Lipinski definition) is 4. The smallest absolute Gasteiger partial charge is 0.270 e. The van der Waals surface area contributed by atoms with Crippen LogP contribution in [0.3, 0.4) is 0 Å². The van der Waals surface area contributed by atoms with Crippen molar-refractivity contribution in [1.82, 2.24) is 20.4 Å². The molecule has 144 valence electrons. The van der Waals surface area contributed by atoms with E-state index in [0.29, 0.717) is 11.4 Å². The Hall–Kier alpha value is -4.00. The first-order chi connectivity index (χ1) is 13.3. The van der Waals surface area contributed by atoms with Gasteiger partial charge in [-0.15, -0.1) is 6.42 Å². The Morgan fingerprint density at radius 1 is 1.11 bits per heavy atom. The second-order valence-electron chi connectivity index (χ2n) is 6.14. The molecule has 0 aliphatic heterocycles. The van der Waals surface area contributed by atoms with Crippen molar-refractivity contribution >= 4 is 5.69 Å². The summed E-state index contributed by atoms with van der Waals surface area (Å²) in [5.41, 5.74) is 0.661. The Morgan fingerprint density at radius 3 is 2.11 bits per heavy atom. The summed E-state index contributed by atoms with van der Waals surface area (Å²) in [6.45, 7) is 3.24. The van der Waals surface area contributed by atoms with Crippen molar-refractivity contribution in [2.45, 2.75) is 19.8 Å². The van der Waals surface area contributed by atoms with E-state index in [9.17, 15) is 19.7 Å². The standard InChI is InChI=1S/C18H17N5O5/c1-4-7-28-13-6-5-11(23(26)27)8-12(13)16(14-9(2)19-21-17(14)24)15-10(3)20-22-18(15)25/h1,5-6,8,16H,7H2,2-3H3,(H2,19,21,24)(H2,20,22,25). The molecule has 0 bridgehead atoms. The molecule has 2 heterocycles. The van der Waals surface area contributed by atoms with Crippen molar-refractivity contribution in [3.63, 3.8) is 0 Å². The molecule has 0 aliphatic carbocycles. The van der Waals surface area contributed by atoms with E-state index in [0.717, 1.165) is 0 Å². The number of non-ortho nitro benzene ring substituents is 1. The molecule has 0 spiro atoms. The van der Waals surface area contributed by atoms with Crippen LogP contribution in [0.5, 0.6) is 5.75 Å². The molecular formula is C18H17N5O5. The lowest BCUT2D eigenvalue weighted by Gasteiger charge is -2.19. The van der Waals surface area contributed by atoms with Gasteiger partial charge in [0.05, 0.1) is 22.0 Å². The van der Waals surface area contributed by atoms with Crippen LogP contribution in [-0.4, -0.2) is 31.9 Å². The number of nitro benzene ring substituents is 1. The van der Waals surface area contributed by atoms with Gasteiger partial charge in [-0.05, 0) is 19.9 Å². The van der Waals surface area contributed by atoms with Gasteiger partial charge in [0, 0.05) is 29.1 Å². The monoisotopic (exact) mass is 383 g/mol. The van der Waals surface area contributed by atoms with Crippen LogP contribution in [0.1, 0.15) is 34.0 Å². The molecule has 0 saturated carbocycles. The molecule has 2 aromatic heterocycles. The van der Waals surface area contributed by atoms with E-state index in [1.54, 1.807) is 13.8 Å². The Kier molecular flexibility index (Phi) is 4.91. The first-order valence-electron chi connectivity index (χ1n) is 8.24. The van der Waals surface area contributed by atoms with E-state index >= 15 is 0 Å². The van der Waals surface area contributed by atoms with Crippen molar-refractivity contribution in [2.75, 3.05) is 6.61 Å². The van der Waals surface area contributed by atoms with Crippen LogP contribution in [0.15, 0.2) is 27.8 Å². The van der Waals surface area contributed by atoms with Crippen molar-refractivity contribution in [3.8, 4) is 18.1 Å². The quantitative estimate of drug-likeness (QED) is 0.288. The van der Waals surface area contributed by atoms with Crippen LogP contribution in [-0.2, 0) is 0 Å². The molecule has 0 radical (unpaired) electrons. The Bertz CT molecular complexity index is 1140. The Morgan fingerprint density at radius 2 is 1.68 bits per heavy atom. The van der Waals surface area contributed by atoms with E-state index in [2.05, 4.69) is 26.3 Å². The topological polar surface area (TPSA) is 150 Å². The highest BCUT2D eigenvalue weighted by atomic mass is 16.6. The van der Waals surface area contributed by atoms with Crippen molar-refractivity contribution in [1.29, 1.82) is 0 Å². The van der Waals surface area contributed by atoms with Gasteiger partial charge < -0.3 is 14.9 Å².